The Hall–Kier alpha value is -3.93. The molecule has 30 heavy (non-hydrogen) atoms. The van der Waals surface area contributed by atoms with Gasteiger partial charge in [-0.1, -0.05) is 30.3 Å². The van der Waals surface area contributed by atoms with Crippen molar-refractivity contribution in [2.24, 2.45) is 0 Å². The summed E-state index contributed by atoms with van der Waals surface area (Å²) in [6.07, 6.45) is 0. The molecule has 5 nitrogen and oxygen atoms in total. The fraction of sp³-hybridized carbons (Fsp3) is 0.0833. The molecule has 0 spiro atoms. The molecular weight excluding hydrogens is 387 g/mol. The average Bonchev–Trinajstić information content (AvgIpc) is 2.77. The first-order valence-electron chi connectivity index (χ1n) is 9.18. The molecule has 4 aromatic rings. The Morgan fingerprint density at radius 2 is 1.80 bits per heavy atom. The molecule has 0 N–H and O–H groups in total. The van der Waals surface area contributed by atoms with E-state index in [1.54, 1.807) is 18.2 Å². The Morgan fingerprint density at radius 1 is 1.00 bits per heavy atom. The van der Waals surface area contributed by atoms with Crippen molar-refractivity contribution in [2.75, 3.05) is 13.7 Å². The summed E-state index contributed by atoms with van der Waals surface area (Å²) in [4.78, 5) is 24.5. The van der Waals surface area contributed by atoms with Gasteiger partial charge in [0, 0.05) is 17.5 Å². The Labute approximate surface area is 171 Å². The monoisotopic (exact) mass is 404 g/mol. The summed E-state index contributed by atoms with van der Waals surface area (Å²) in [5.41, 5.74) is 1.58. The van der Waals surface area contributed by atoms with Crippen LogP contribution in [0, 0.1) is 5.82 Å². The first-order valence-corrected chi connectivity index (χ1v) is 9.18. The third kappa shape index (κ3) is 3.93. The van der Waals surface area contributed by atoms with Crippen LogP contribution >= 0.6 is 0 Å². The standard InChI is InChI=1S/C24H17FO5/c1-28-22-10-7-16(25)11-20(22)21(26)14-29-17-8-9-18-19(15-5-3-2-4-6-15)13-24(27)30-23(18)12-17/h2-13H,14H2,1H3. The summed E-state index contributed by atoms with van der Waals surface area (Å²) < 4.78 is 29.5. The van der Waals surface area contributed by atoms with Gasteiger partial charge in [-0.25, -0.2) is 9.18 Å². The highest BCUT2D eigenvalue weighted by Crippen LogP contribution is 2.29. The van der Waals surface area contributed by atoms with Crippen molar-refractivity contribution in [2.45, 2.75) is 0 Å². The highest BCUT2D eigenvalue weighted by Gasteiger charge is 2.15. The third-order valence-electron chi connectivity index (χ3n) is 4.63. The van der Waals surface area contributed by atoms with Crippen molar-refractivity contribution < 1.29 is 23.1 Å². The van der Waals surface area contributed by atoms with E-state index in [0.717, 1.165) is 22.6 Å². The van der Waals surface area contributed by atoms with E-state index in [9.17, 15) is 14.0 Å². The number of ether oxygens (including phenoxy) is 2. The maximum Gasteiger partial charge on any atom is 0.336 e. The van der Waals surface area contributed by atoms with Gasteiger partial charge in [0.2, 0.25) is 5.78 Å². The molecule has 0 atom stereocenters. The molecule has 3 aromatic carbocycles. The summed E-state index contributed by atoms with van der Waals surface area (Å²) in [5, 5.41) is 0.742. The van der Waals surface area contributed by atoms with Gasteiger partial charge in [0.25, 0.3) is 0 Å². The Bertz CT molecular complexity index is 1280. The molecule has 0 bridgehead atoms. The van der Waals surface area contributed by atoms with Gasteiger partial charge < -0.3 is 13.9 Å². The number of benzene rings is 3. The number of carbonyl (C=O) groups excluding carboxylic acids is 1. The molecule has 0 aliphatic rings. The molecule has 1 heterocycles. The predicted molar refractivity (Wildman–Crippen MR) is 111 cm³/mol. The minimum atomic E-state index is -0.542. The zero-order valence-corrected chi connectivity index (χ0v) is 16.1. The van der Waals surface area contributed by atoms with E-state index in [0.29, 0.717) is 11.3 Å². The number of rotatable bonds is 6. The predicted octanol–water partition coefficient (Wildman–Crippen LogP) is 4.87. The summed E-state index contributed by atoms with van der Waals surface area (Å²) >= 11 is 0. The van der Waals surface area contributed by atoms with Crippen LogP contribution in [0.5, 0.6) is 11.5 Å². The number of hydrogen-bond donors (Lipinski definition) is 0. The average molecular weight is 404 g/mol. The number of halogens is 1. The van der Waals surface area contributed by atoms with Crippen molar-refractivity contribution in [3.63, 3.8) is 0 Å². The topological polar surface area (TPSA) is 65.7 Å². The van der Waals surface area contributed by atoms with Crippen molar-refractivity contribution >= 4 is 16.8 Å². The van der Waals surface area contributed by atoms with Gasteiger partial charge in [-0.15, -0.1) is 0 Å². The first-order chi connectivity index (χ1) is 14.5. The van der Waals surface area contributed by atoms with E-state index in [-0.39, 0.29) is 17.9 Å². The number of methoxy groups -OCH3 is 1. The molecule has 0 fully saturated rings. The number of fused-ring (bicyclic) bond motifs is 1. The lowest BCUT2D eigenvalue weighted by Gasteiger charge is -2.10. The zero-order valence-electron chi connectivity index (χ0n) is 16.1. The second-order valence-corrected chi connectivity index (χ2v) is 6.56. The fourth-order valence-corrected chi connectivity index (χ4v) is 3.21. The Kier molecular flexibility index (Phi) is 5.30. The molecule has 0 amide bonds. The maximum absolute atomic E-state index is 13.5. The van der Waals surface area contributed by atoms with E-state index < -0.39 is 17.2 Å². The van der Waals surface area contributed by atoms with E-state index in [2.05, 4.69) is 0 Å². The highest BCUT2D eigenvalue weighted by atomic mass is 19.1. The van der Waals surface area contributed by atoms with Crippen molar-refractivity contribution in [3.05, 3.63) is 94.6 Å². The van der Waals surface area contributed by atoms with Crippen molar-refractivity contribution in [1.29, 1.82) is 0 Å². The fourth-order valence-electron chi connectivity index (χ4n) is 3.21. The Morgan fingerprint density at radius 3 is 2.57 bits per heavy atom. The van der Waals surface area contributed by atoms with Crippen LogP contribution in [0.4, 0.5) is 4.39 Å². The quantitative estimate of drug-likeness (QED) is 0.339. The van der Waals surface area contributed by atoms with Gasteiger partial charge in [-0.2, -0.15) is 0 Å². The van der Waals surface area contributed by atoms with Crippen molar-refractivity contribution in [1.82, 2.24) is 0 Å². The first kappa shape index (κ1) is 19.4. The zero-order chi connectivity index (χ0) is 21.1. The van der Waals surface area contributed by atoms with Crippen LogP contribution in [0.25, 0.3) is 22.1 Å². The van der Waals surface area contributed by atoms with E-state index >= 15 is 0 Å². The molecule has 0 radical (unpaired) electrons. The number of ketones is 1. The summed E-state index contributed by atoms with van der Waals surface area (Å²) in [5.74, 6) is -0.368. The molecular formula is C24H17FO5. The molecule has 0 aliphatic heterocycles. The summed E-state index contributed by atoms with van der Waals surface area (Å²) in [7, 11) is 1.40. The van der Waals surface area contributed by atoms with Crippen LogP contribution in [-0.2, 0) is 0 Å². The van der Waals surface area contributed by atoms with Crippen LogP contribution in [0.1, 0.15) is 10.4 Å². The van der Waals surface area contributed by atoms with Gasteiger partial charge in [0.1, 0.15) is 22.9 Å². The van der Waals surface area contributed by atoms with E-state index in [4.69, 9.17) is 13.9 Å². The number of hydrogen-bond acceptors (Lipinski definition) is 5. The van der Waals surface area contributed by atoms with Gasteiger partial charge in [-0.3, -0.25) is 4.79 Å². The SMILES string of the molecule is COc1ccc(F)cc1C(=O)COc1ccc2c(-c3ccccc3)cc(=O)oc2c1. The lowest BCUT2D eigenvalue weighted by atomic mass is 10.0. The minimum absolute atomic E-state index is 0.0937. The van der Waals surface area contributed by atoms with Crippen LogP contribution in [0.15, 0.2) is 82.0 Å². The smallest absolute Gasteiger partial charge is 0.336 e. The summed E-state index contributed by atoms with van der Waals surface area (Å²) in [6, 6.07) is 19.6. The van der Waals surface area contributed by atoms with Gasteiger partial charge in [0.05, 0.1) is 12.7 Å². The van der Waals surface area contributed by atoms with E-state index in [1.165, 1.54) is 25.3 Å². The Balaban J connectivity index is 1.61. The molecule has 0 unspecified atom stereocenters. The lowest BCUT2D eigenvalue weighted by molar-refractivity contribution is 0.0918. The van der Waals surface area contributed by atoms with Crippen LogP contribution in [0.2, 0.25) is 0 Å². The van der Waals surface area contributed by atoms with Crippen LogP contribution in [0.3, 0.4) is 0 Å². The lowest BCUT2D eigenvalue weighted by Crippen LogP contribution is -2.13. The summed E-state index contributed by atoms with van der Waals surface area (Å²) in [6.45, 7) is -0.325. The van der Waals surface area contributed by atoms with Gasteiger partial charge >= 0.3 is 5.63 Å². The second kappa shape index (κ2) is 8.21. The highest BCUT2D eigenvalue weighted by molar-refractivity contribution is 6.00. The molecule has 4 rings (SSSR count). The number of carbonyl (C=O) groups is 1. The van der Waals surface area contributed by atoms with E-state index in [1.807, 2.05) is 30.3 Å². The molecule has 150 valence electrons. The minimum Gasteiger partial charge on any atom is -0.496 e. The van der Waals surface area contributed by atoms with Crippen molar-refractivity contribution in [3.8, 4) is 22.6 Å². The molecule has 0 saturated carbocycles. The molecule has 6 heteroatoms. The molecule has 0 aliphatic carbocycles. The van der Waals surface area contributed by atoms with Gasteiger partial charge in [-0.05, 0) is 41.5 Å². The van der Waals surface area contributed by atoms with Gasteiger partial charge in [0.15, 0.2) is 6.61 Å². The molecule has 1 aromatic heterocycles. The normalized spacial score (nSPS) is 10.7. The molecule has 0 saturated heterocycles. The maximum atomic E-state index is 13.5. The third-order valence-corrected chi connectivity index (χ3v) is 4.63. The van der Waals surface area contributed by atoms with Crippen LogP contribution in [-0.4, -0.2) is 19.5 Å². The number of Topliss-reactive ketones (excluding diaryl/α,β-unsaturated/α-hetero) is 1. The largest absolute Gasteiger partial charge is 0.496 e. The second-order valence-electron chi connectivity index (χ2n) is 6.56. The van der Waals surface area contributed by atoms with Crippen LogP contribution < -0.4 is 15.1 Å².